The monoisotopic (exact) mass is 450 g/mol. The van der Waals surface area contributed by atoms with Crippen molar-refractivity contribution in [2.24, 2.45) is 5.41 Å². The van der Waals surface area contributed by atoms with Crippen LogP contribution in [0.25, 0.3) is 11.0 Å². The number of carbonyl (C=O) groups is 2. The zero-order valence-electron chi connectivity index (χ0n) is 20.7. The molecule has 0 fully saturated rings. The number of hydrogen-bond acceptors (Lipinski definition) is 5. The molecule has 0 spiro atoms. The molecule has 2 aromatic carbocycles. The van der Waals surface area contributed by atoms with E-state index in [2.05, 4.69) is 32.0 Å². The van der Waals surface area contributed by atoms with Crippen LogP contribution in [-0.4, -0.2) is 25.5 Å². The van der Waals surface area contributed by atoms with Crippen molar-refractivity contribution in [3.8, 4) is 5.75 Å². The molecule has 0 unspecified atom stereocenters. The number of hydrogen-bond donors (Lipinski definition) is 0. The van der Waals surface area contributed by atoms with Crippen LogP contribution in [0.2, 0.25) is 0 Å². The third kappa shape index (κ3) is 4.82. The average molecular weight is 451 g/mol. The highest BCUT2D eigenvalue weighted by atomic mass is 16.5. The second-order valence-corrected chi connectivity index (χ2v) is 9.59. The molecule has 176 valence electrons. The molecule has 1 heterocycles. The van der Waals surface area contributed by atoms with Crippen molar-refractivity contribution in [3.05, 3.63) is 64.9 Å². The number of esters is 1. The van der Waals surface area contributed by atoms with Crippen LogP contribution in [0.15, 0.2) is 46.9 Å². The maximum Gasteiger partial charge on any atom is 0.337 e. The topological polar surface area (TPSA) is 65.7 Å². The lowest BCUT2D eigenvalue weighted by molar-refractivity contribution is -0.128. The van der Waals surface area contributed by atoms with E-state index in [-0.39, 0.29) is 23.8 Å². The van der Waals surface area contributed by atoms with Crippen LogP contribution in [0.3, 0.4) is 0 Å². The highest BCUT2D eigenvalue weighted by molar-refractivity contribution is 5.94. The first-order valence-corrected chi connectivity index (χ1v) is 11.4. The predicted octanol–water partition coefficient (Wildman–Crippen LogP) is 6.63. The van der Waals surface area contributed by atoms with E-state index in [0.29, 0.717) is 16.9 Å². The molecule has 5 nitrogen and oxygen atoms in total. The van der Waals surface area contributed by atoms with Gasteiger partial charge in [-0.3, -0.25) is 4.79 Å². The highest BCUT2D eigenvalue weighted by Gasteiger charge is 2.35. The summed E-state index contributed by atoms with van der Waals surface area (Å²) < 4.78 is 17.0. The lowest BCUT2D eigenvalue weighted by atomic mass is 9.73. The van der Waals surface area contributed by atoms with Crippen molar-refractivity contribution in [1.29, 1.82) is 0 Å². The molecular weight excluding hydrogens is 416 g/mol. The van der Waals surface area contributed by atoms with Crippen LogP contribution in [0.5, 0.6) is 5.75 Å². The van der Waals surface area contributed by atoms with Gasteiger partial charge in [0.15, 0.2) is 5.78 Å². The number of rotatable bonds is 8. The van der Waals surface area contributed by atoms with Crippen LogP contribution in [0, 0.1) is 12.3 Å². The van der Waals surface area contributed by atoms with Gasteiger partial charge in [0.05, 0.1) is 18.1 Å². The molecular formula is C28H34O5. The summed E-state index contributed by atoms with van der Waals surface area (Å²) in [7, 11) is 1.37. The summed E-state index contributed by atoms with van der Waals surface area (Å²) in [5.41, 5.74) is 2.48. The third-order valence-electron chi connectivity index (χ3n) is 6.54. The summed E-state index contributed by atoms with van der Waals surface area (Å²) in [6.45, 7) is 12.0. The Morgan fingerprint density at radius 1 is 0.970 bits per heavy atom. The fourth-order valence-electron chi connectivity index (χ4n) is 4.13. The Bertz CT molecular complexity index is 1160. The van der Waals surface area contributed by atoms with Gasteiger partial charge >= 0.3 is 5.97 Å². The van der Waals surface area contributed by atoms with Crippen molar-refractivity contribution in [1.82, 2.24) is 0 Å². The Balaban J connectivity index is 1.97. The summed E-state index contributed by atoms with van der Waals surface area (Å²) in [6, 6.07) is 13.6. The molecule has 0 atom stereocenters. The van der Waals surface area contributed by atoms with Crippen molar-refractivity contribution in [2.75, 3.05) is 13.7 Å². The number of Topliss-reactive ketones (excluding diaryl/α,β-unsaturated/α-hetero) is 1. The molecule has 0 amide bonds. The fourth-order valence-corrected chi connectivity index (χ4v) is 4.13. The Kier molecular flexibility index (Phi) is 7.01. The maximum atomic E-state index is 12.3. The molecule has 0 bridgehead atoms. The number of ether oxygens (including phenoxy) is 2. The molecule has 0 N–H and O–H groups in total. The van der Waals surface area contributed by atoms with Crippen LogP contribution < -0.4 is 4.74 Å². The Morgan fingerprint density at radius 2 is 1.67 bits per heavy atom. The number of ketones is 1. The molecule has 5 heteroatoms. The largest absolute Gasteiger partial charge is 0.486 e. The normalized spacial score (nSPS) is 12.1. The van der Waals surface area contributed by atoms with Gasteiger partial charge in [0, 0.05) is 10.8 Å². The van der Waals surface area contributed by atoms with Gasteiger partial charge in [-0.15, -0.1) is 0 Å². The minimum absolute atomic E-state index is 0.0580. The smallest absolute Gasteiger partial charge is 0.337 e. The van der Waals surface area contributed by atoms with Crippen molar-refractivity contribution < 1.29 is 23.5 Å². The second kappa shape index (κ2) is 9.42. The van der Waals surface area contributed by atoms with Gasteiger partial charge in [0.25, 0.3) is 0 Å². The molecule has 3 aromatic rings. The molecule has 0 aliphatic carbocycles. The zero-order valence-corrected chi connectivity index (χ0v) is 20.7. The molecule has 0 saturated heterocycles. The van der Waals surface area contributed by atoms with Gasteiger partial charge in [0.2, 0.25) is 0 Å². The maximum absolute atomic E-state index is 12.3. The third-order valence-corrected chi connectivity index (χ3v) is 6.54. The van der Waals surface area contributed by atoms with Gasteiger partial charge in [-0.2, -0.15) is 0 Å². The molecule has 0 aliphatic heterocycles. The summed E-state index contributed by atoms with van der Waals surface area (Å²) in [5, 5.41) is 0.946. The average Bonchev–Trinajstić information content (AvgIpc) is 3.22. The highest BCUT2D eigenvalue weighted by Crippen LogP contribution is 2.42. The number of carbonyl (C=O) groups excluding carboxylic acids is 2. The molecule has 0 saturated carbocycles. The van der Waals surface area contributed by atoms with Crippen LogP contribution in [0.4, 0.5) is 0 Å². The van der Waals surface area contributed by atoms with E-state index >= 15 is 0 Å². The van der Waals surface area contributed by atoms with Crippen molar-refractivity contribution in [2.45, 2.75) is 59.8 Å². The number of furan rings is 1. The van der Waals surface area contributed by atoms with E-state index in [1.807, 2.05) is 39.8 Å². The van der Waals surface area contributed by atoms with Crippen molar-refractivity contribution >= 4 is 22.7 Å². The number of benzene rings is 2. The first-order valence-electron chi connectivity index (χ1n) is 11.4. The fraction of sp³-hybridized carbons (Fsp3) is 0.429. The van der Waals surface area contributed by atoms with Gasteiger partial charge in [-0.05, 0) is 55.2 Å². The van der Waals surface area contributed by atoms with E-state index in [4.69, 9.17) is 13.9 Å². The summed E-state index contributed by atoms with van der Waals surface area (Å²) in [6.07, 6.45) is 1.69. The van der Waals surface area contributed by atoms with E-state index < -0.39 is 5.41 Å². The SMILES string of the molecule is CCC(CC)(c1ccc(OCC(=O)C(C)(C)C)c(C)c1)c1cc2ccc(C(=O)OC)cc2o1. The predicted molar refractivity (Wildman–Crippen MR) is 130 cm³/mol. The summed E-state index contributed by atoms with van der Waals surface area (Å²) in [5.74, 6) is 1.25. The molecule has 3 rings (SSSR count). The Labute approximate surface area is 196 Å². The summed E-state index contributed by atoms with van der Waals surface area (Å²) >= 11 is 0. The van der Waals surface area contributed by atoms with E-state index in [1.165, 1.54) is 7.11 Å². The Morgan fingerprint density at radius 3 is 2.24 bits per heavy atom. The number of aryl methyl sites for hydroxylation is 1. The second-order valence-electron chi connectivity index (χ2n) is 9.59. The van der Waals surface area contributed by atoms with Crippen LogP contribution >= 0.6 is 0 Å². The van der Waals surface area contributed by atoms with Crippen LogP contribution in [-0.2, 0) is 14.9 Å². The number of methoxy groups -OCH3 is 1. The summed E-state index contributed by atoms with van der Waals surface area (Å²) in [4.78, 5) is 24.2. The molecule has 0 aliphatic rings. The van der Waals surface area contributed by atoms with Gasteiger partial charge in [-0.25, -0.2) is 4.79 Å². The van der Waals surface area contributed by atoms with E-state index in [9.17, 15) is 9.59 Å². The molecule has 0 radical (unpaired) electrons. The minimum atomic E-state index is -0.428. The Hall–Kier alpha value is -3.08. The first kappa shape index (κ1) is 24.6. The van der Waals surface area contributed by atoms with Gasteiger partial charge < -0.3 is 13.9 Å². The zero-order chi connectivity index (χ0) is 24.4. The van der Waals surface area contributed by atoms with Crippen molar-refractivity contribution in [3.63, 3.8) is 0 Å². The lowest BCUT2D eigenvalue weighted by Gasteiger charge is -2.31. The number of fused-ring (bicyclic) bond motifs is 1. The minimum Gasteiger partial charge on any atom is -0.486 e. The van der Waals surface area contributed by atoms with E-state index in [0.717, 1.165) is 35.1 Å². The van der Waals surface area contributed by atoms with Crippen LogP contribution in [0.1, 0.15) is 74.7 Å². The molecule has 1 aromatic heterocycles. The lowest BCUT2D eigenvalue weighted by Crippen LogP contribution is -2.27. The standard InChI is InChI=1S/C28H34O5/c1-8-28(9-2,25-16-19-10-11-20(26(30)31-7)15-23(19)33-25)21-12-13-22(18(3)14-21)32-17-24(29)27(4,5)6/h10-16H,8-9,17H2,1-7H3. The quantitative estimate of drug-likeness (QED) is 0.360. The van der Waals surface area contributed by atoms with E-state index in [1.54, 1.807) is 12.1 Å². The van der Waals surface area contributed by atoms with Gasteiger partial charge in [0.1, 0.15) is 23.7 Å². The molecule has 33 heavy (non-hydrogen) atoms. The first-order chi connectivity index (χ1) is 15.6. The van der Waals surface area contributed by atoms with Gasteiger partial charge in [-0.1, -0.05) is 52.8 Å².